The number of hydrogen-bond acceptors (Lipinski definition) is 5. The van der Waals surface area contributed by atoms with Gasteiger partial charge in [-0.3, -0.25) is 0 Å². The quantitative estimate of drug-likeness (QED) is 0.713. The minimum absolute atomic E-state index is 0.0227. The number of nitrogens with one attached hydrogen (secondary N) is 1. The average Bonchev–Trinajstić information content (AvgIpc) is 2.67. The molecule has 2 N–H and O–H groups in total. The van der Waals surface area contributed by atoms with Crippen LogP contribution in [0.15, 0.2) is 0 Å². The number of hydrogen-bond donors (Lipinski definition) is 2. The van der Waals surface area contributed by atoms with Crippen molar-refractivity contribution in [2.45, 2.75) is 78.2 Å². The van der Waals surface area contributed by atoms with Gasteiger partial charge in [0.05, 0.1) is 5.69 Å². The molecule has 1 amide bonds. The highest BCUT2D eigenvalue weighted by Crippen LogP contribution is 2.31. The fourth-order valence-electron chi connectivity index (χ4n) is 4.78. The van der Waals surface area contributed by atoms with Crippen molar-refractivity contribution in [2.24, 2.45) is 11.3 Å². The molecule has 0 saturated heterocycles. The second-order valence-electron chi connectivity index (χ2n) is 10.5. The van der Waals surface area contributed by atoms with Crippen LogP contribution in [-0.2, 0) is 12.8 Å². The first-order valence-corrected chi connectivity index (χ1v) is 11.4. The predicted molar refractivity (Wildman–Crippen MR) is 121 cm³/mol. The summed E-state index contributed by atoms with van der Waals surface area (Å²) in [6.07, 6.45) is 7.88. The monoisotopic (exact) mass is 417 g/mol. The summed E-state index contributed by atoms with van der Waals surface area (Å²) in [6.45, 7) is 7.48. The maximum atomic E-state index is 11.7. The normalized spacial score (nSPS) is 21.6. The van der Waals surface area contributed by atoms with Crippen LogP contribution in [0.1, 0.15) is 70.6 Å². The van der Waals surface area contributed by atoms with Gasteiger partial charge in [0.15, 0.2) is 0 Å². The van der Waals surface area contributed by atoms with Crippen molar-refractivity contribution in [3.05, 3.63) is 11.3 Å². The van der Waals surface area contributed by atoms with Crippen LogP contribution in [-0.4, -0.2) is 59.3 Å². The van der Waals surface area contributed by atoms with E-state index in [1.807, 2.05) is 0 Å². The molecule has 1 heterocycles. The van der Waals surface area contributed by atoms with Crippen molar-refractivity contribution < 1.29 is 9.90 Å². The van der Waals surface area contributed by atoms with Crippen molar-refractivity contribution >= 4 is 17.9 Å². The molecule has 0 radical (unpaired) electrons. The molecule has 0 spiro atoms. The molecule has 0 bridgehead atoms. The maximum Gasteiger partial charge on any atom is 0.407 e. The standard InChI is InChI=1S/C23H39N5O2/c1-23(2,3)15-28(22(29)30)14-16-10-12-17(13-11-16)24-21-25-19-9-7-6-8-18(19)20(26-21)27(4)5/h16-17H,6-15H2,1-5H3,(H,29,30)(H,24,25,26). The molecule has 1 aromatic heterocycles. The Morgan fingerprint density at radius 3 is 2.37 bits per heavy atom. The minimum Gasteiger partial charge on any atom is -0.465 e. The second kappa shape index (κ2) is 9.40. The molecule has 0 aliphatic heterocycles. The van der Waals surface area contributed by atoms with Gasteiger partial charge in [0, 0.05) is 38.8 Å². The zero-order valence-corrected chi connectivity index (χ0v) is 19.4. The van der Waals surface area contributed by atoms with Gasteiger partial charge >= 0.3 is 6.09 Å². The van der Waals surface area contributed by atoms with E-state index < -0.39 is 6.09 Å². The van der Waals surface area contributed by atoms with Crippen LogP contribution in [0.25, 0.3) is 0 Å². The molecular formula is C23H39N5O2. The van der Waals surface area contributed by atoms with Gasteiger partial charge in [0.1, 0.15) is 5.82 Å². The molecule has 0 aromatic carbocycles. The van der Waals surface area contributed by atoms with Gasteiger partial charge in [-0.15, -0.1) is 0 Å². The number of rotatable bonds is 6. The highest BCUT2D eigenvalue weighted by Gasteiger charge is 2.28. The fourth-order valence-corrected chi connectivity index (χ4v) is 4.78. The van der Waals surface area contributed by atoms with E-state index in [0.29, 0.717) is 25.0 Å². The smallest absolute Gasteiger partial charge is 0.407 e. The van der Waals surface area contributed by atoms with Crippen LogP contribution >= 0.6 is 0 Å². The van der Waals surface area contributed by atoms with Crippen LogP contribution in [0.5, 0.6) is 0 Å². The van der Waals surface area contributed by atoms with E-state index in [1.165, 1.54) is 24.1 Å². The summed E-state index contributed by atoms with van der Waals surface area (Å²) < 4.78 is 0. The van der Waals surface area contributed by atoms with E-state index in [0.717, 1.165) is 50.3 Å². The van der Waals surface area contributed by atoms with Crippen LogP contribution in [0.4, 0.5) is 16.6 Å². The average molecular weight is 418 g/mol. The Hall–Kier alpha value is -2.05. The van der Waals surface area contributed by atoms with Gasteiger partial charge in [0.25, 0.3) is 0 Å². The minimum atomic E-state index is -0.802. The first kappa shape index (κ1) is 22.6. The van der Waals surface area contributed by atoms with Gasteiger partial charge < -0.3 is 20.2 Å². The number of amides is 1. The molecule has 2 aliphatic carbocycles. The maximum absolute atomic E-state index is 11.7. The number of nitrogens with zero attached hydrogens (tertiary/aromatic N) is 4. The van der Waals surface area contributed by atoms with Crippen molar-refractivity contribution in [3.63, 3.8) is 0 Å². The first-order chi connectivity index (χ1) is 14.1. The molecule has 2 aliphatic rings. The summed E-state index contributed by atoms with van der Waals surface area (Å²) in [5.74, 6) is 2.24. The van der Waals surface area contributed by atoms with Crippen molar-refractivity contribution in [1.82, 2.24) is 14.9 Å². The summed E-state index contributed by atoms with van der Waals surface area (Å²) in [4.78, 5) is 25.0. The Bertz CT molecular complexity index is 736. The molecule has 0 unspecified atom stereocenters. The molecule has 3 rings (SSSR count). The molecule has 7 heteroatoms. The van der Waals surface area contributed by atoms with Gasteiger partial charge in [-0.2, -0.15) is 4.98 Å². The molecule has 0 atom stereocenters. The Morgan fingerprint density at radius 2 is 1.77 bits per heavy atom. The lowest BCUT2D eigenvalue weighted by Gasteiger charge is -2.34. The fraction of sp³-hybridized carbons (Fsp3) is 0.783. The zero-order chi connectivity index (χ0) is 21.9. The van der Waals surface area contributed by atoms with Gasteiger partial charge in [-0.05, 0) is 62.7 Å². The van der Waals surface area contributed by atoms with Gasteiger partial charge in [-0.25, -0.2) is 9.78 Å². The molecule has 30 heavy (non-hydrogen) atoms. The molecule has 1 saturated carbocycles. The third-order valence-electron chi connectivity index (χ3n) is 6.18. The molecule has 7 nitrogen and oxygen atoms in total. The van der Waals surface area contributed by atoms with Crippen molar-refractivity contribution in [3.8, 4) is 0 Å². The highest BCUT2D eigenvalue weighted by molar-refractivity contribution is 5.65. The Morgan fingerprint density at radius 1 is 1.10 bits per heavy atom. The lowest BCUT2D eigenvalue weighted by molar-refractivity contribution is 0.110. The summed E-state index contributed by atoms with van der Waals surface area (Å²) in [7, 11) is 4.11. The zero-order valence-electron chi connectivity index (χ0n) is 19.4. The van der Waals surface area contributed by atoms with Gasteiger partial charge in [-0.1, -0.05) is 20.8 Å². The largest absolute Gasteiger partial charge is 0.465 e. The lowest BCUT2D eigenvalue weighted by atomic mass is 9.85. The SMILES string of the molecule is CN(C)c1nc(NC2CCC(CN(CC(C)(C)C)C(=O)O)CC2)nc2c1CCCC2. The predicted octanol–water partition coefficient (Wildman–Crippen LogP) is 4.42. The topological polar surface area (TPSA) is 81.6 Å². The summed E-state index contributed by atoms with van der Waals surface area (Å²) in [5.41, 5.74) is 2.49. The third kappa shape index (κ3) is 5.99. The Kier molecular flexibility index (Phi) is 7.09. The van der Waals surface area contributed by atoms with Crippen LogP contribution in [0.3, 0.4) is 0 Å². The lowest BCUT2D eigenvalue weighted by Crippen LogP contribution is -2.41. The van der Waals surface area contributed by atoms with E-state index in [2.05, 4.69) is 45.1 Å². The van der Waals surface area contributed by atoms with Crippen molar-refractivity contribution in [1.29, 1.82) is 0 Å². The number of carbonyl (C=O) groups is 1. The van der Waals surface area contributed by atoms with Crippen LogP contribution < -0.4 is 10.2 Å². The highest BCUT2D eigenvalue weighted by atomic mass is 16.4. The van der Waals surface area contributed by atoms with Crippen molar-refractivity contribution in [2.75, 3.05) is 37.4 Å². The van der Waals surface area contributed by atoms with Crippen LogP contribution in [0.2, 0.25) is 0 Å². The van der Waals surface area contributed by atoms with E-state index in [4.69, 9.17) is 9.97 Å². The van der Waals surface area contributed by atoms with E-state index in [1.54, 1.807) is 4.90 Å². The van der Waals surface area contributed by atoms with Gasteiger partial charge in [0.2, 0.25) is 5.95 Å². The molecule has 1 fully saturated rings. The Balaban J connectivity index is 1.58. The third-order valence-corrected chi connectivity index (χ3v) is 6.18. The molecule has 168 valence electrons. The summed E-state index contributed by atoms with van der Waals surface area (Å²) >= 11 is 0. The second-order valence-corrected chi connectivity index (χ2v) is 10.5. The van der Waals surface area contributed by atoms with E-state index >= 15 is 0 Å². The van der Waals surface area contributed by atoms with Crippen LogP contribution in [0, 0.1) is 11.3 Å². The number of fused-ring (bicyclic) bond motifs is 1. The molecular weight excluding hydrogens is 378 g/mol. The molecule has 1 aromatic rings. The number of anilines is 2. The van der Waals surface area contributed by atoms with E-state index in [9.17, 15) is 9.90 Å². The number of aromatic nitrogens is 2. The number of carboxylic acid groups (broad SMARTS) is 1. The number of aryl methyl sites for hydroxylation is 1. The summed E-state index contributed by atoms with van der Waals surface area (Å²) in [5, 5.41) is 13.2. The van der Waals surface area contributed by atoms with E-state index in [-0.39, 0.29) is 5.41 Å². The Labute approximate surface area is 181 Å². The summed E-state index contributed by atoms with van der Waals surface area (Å²) in [6, 6.07) is 0.360. The first-order valence-electron chi connectivity index (χ1n) is 11.4.